The molecule has 23 heavy (non-hydrogen) atoms. The van der Waals surface area contributed by atoms with Crippen molar-refractivity contribution in [3.05, 3.63) is 65.5 Å². The first-order valence-electron chi connectivity index (χ1n) is 6.97. The standard InChI is InChI=1S/C16H18FNO4S/c1-23(20,21)22-13-7-8-14(15(17)9-13)16(19)11-18-10-12-5-3-2-4-6-12/h2-9,16,18-19H,10-11H2,1H3. The maximum Gasteiger partial charge on any atom is 0.306 e. The van der Waals surface area contributed by atoms with Crippen molar-refractivity contribution in [3.63, 3.8) is 0 Å². The Bertz CT molecular complexity index is 750. The molecule has 2 N–H and O–H groups in total. The molecule has 0 fully saturated rings. The summed E-state index contributed by atoms with van der Waals surface area (Å²) in [5.41, 5.74) is 1.13. The molecule has 0 heterocycles. The van der Waals surface area contributed by atoms with E-state index in [4.69, 9.17) is 0 Å². The number of benzene rings is 2. The summed E-state index contributed by atoms with van der Waals surface area (Å²) < 4.78 is 40.6. The number of hydrogen-bond donors (Lipinski definition) is 2. The molecule has 5 nitrogen and oxygen atoms in total. The molecular weight excluding hydrogens is 321 g/mol. The van der Waals surface area contributed by atoms with E-state index >= 15 is 0 Å². The van der Waals surface area contributed by atoms with Crippen molar-refractivity contribution in [1.29, 1.82) is 0 Å². The fraction of sp³-hybridized carbons (Fsp3) is 0.250. The van der Waals surface area contributed by atoms with Gasteiger partial charge in [-0.15, -0.1) is 0 Å². The summed E-state index contributed by atoms with van der Waals surface area (Å²) in [6.07, 6.45) is -0.174. The first kappa shape index (κ1) is 17.4. The van der Waals surface area contributed by atoms with E-state index in [1.54, 1.807) is 0 Å². The molecule has 1 atom stereocenters. The van der Waals surface area contributed by atoms with Gasteiger partial charge in [-0.05, 0) is 17.7 Å². The zero-order chi connectivity index (χ0) is 16.9. The average Bonchev–Trinajstić information content (AvgIpc) is 2.46. The molecule has 0 saturated heterocycles. The molecule has 0 amide bonds. The highest BCUT2D eigenvalue weighted by atomic mass is 32.2. The number of halogens is 1. The molecule has 1 unspecified atom stereocenters. The maximum atomic E-state index is 14.0. The average molecular weight is 339 g/mol. The third-order valence-electron chi connectivity index (χ3n) is 3.09. The van der Waals surface area contributed by atoms with E-state index in [1.165, 1.54) is 12.1 Å². The van der Waals surface area contributed by atoms with Gasteiger partial charge in [0, 0.05) is 24.7 Å². The van der Waals surface area contributed by atoms with Gasteiger partial charge >= 0.3 is 10.1 Å². The molecule has 0 saturated carbocycles. The van der Waals surface area contributed by atoms with Crippen LogP contribution in [0, 0.1) is 5.82 Å². The van der Waals surface area contributed by atoms with Gasteiger partial charge in [-0.2, -0.15) is 8.42 Å². The van der Waals surface area contributed by atoms with E-state index in [-0.39, 0.29) is 17.9 Å². The molecule has 2 aromatic rings. The van der Waals surface area contributed by atoms with Crippen LogP contribution in [0.25, 0.3) is 0 Å². The minimum absolute atomic E-state index is 0.0754. The van der Waals surface area contributed by atoms with Gasteiger partial charge in [0.2, 0.25) is 0 Å². The highest BCUT2D eigenvalue weighted by Crippen LogP contribution is 2.22. The van der Waals surface area contributed by atoms with Crippen LogP contribution in [0.1, 0.15) is 17.2 Å². The lowest BCUT2D eigenvalue weighted by molar-refractivity contribution is 0.169. The number of hydrogen-bond acceptors (Lipinski definition) is 5. The van der Waals surface area contributed by atoms with Crippen LogP contribution in [0.4, 0.5) is 4.39 Å². The van der Waals surface area contributed by atoms with Gasteiger partial charge < -0.3 is 14.6 Å². The third-order valence-corrected chi connectivity index (χ3v) is 3.58. The van der Waals surface area contributed by atoms with Gasteiger partial charge in [0.05, 0.1) is 12.4 Å². The predicted octanol–water partition coefficient (Wildman–Crippen LogP) is 1.99. The molecule has 0 aliphatic rings. The second-order valence-electron chi connectivity index (χ2n) is 5.10. The van der Waals surface area contributed by atoms with Crippen molar-refractivity contribution in [2.75, 3.05) is 12.8 Å². The molecule has 0 aliphatic carbocycles. The highest BCUT2D eigenvalue weighted by molar-refractivity contribution is 7.86. The molecular formula is C16H18FNO4S. The third kappa shape index (κ3) is 5.63. The molecule has 7 heteroatoms. The van der Waals surface area contributed by atoms with Gasteiger partial charge in [-0.1, -0.05) is 30.3 Å². The first-order valence-corrected chi connectivity index (χ1v) is 8.78. The zero-order valence-electron chi connectivity index (χ0n) is 12.6. The Morgan fingerprint density at radius 3 is 2.52 bits per heavy atom. The van der Waals surface area contributed by atoms with E-state index in [0.717, 1.165) is 17.9 Å². The van der Waals surface area contributed by atoms with Gasteiger partial charge in [0.15, 0.2) is 0 Å². The van der Waals surface area contributed by atoms with Gasteiger partial charge in [0.1, 0.15) is 11.6 Å². The fourth-order valence-corrected chi connectivity index (χ4v) is 2.52. The zero-order valence-corrected chi connectivity index (χ0v) is 13.4. The van der Waals surface area contributed by atoms with Gasteiger partial charge in [-0.3, -0.25) is 0 Å². The van der Waals surface area contributed by atoms with Crippen LogP contribution in [-0.4, -0.2) is 26.3 Å². The fourth-order valence-electron chi connectivity index (χ4n) is 2.06. The normalized spacial score (nSPS) is 12.8. The number of rotatable bonds is 7. The SMILES string of the molecule is CS(=O)(=O)Oc1ccc(C(O)CNCc2ccccc2)c(F)c1. The minimum atomic E-state index is -3.71. The predicted molar refractivity (Wildman–Crippen MR) is 85.0 cm³/mol. The summed E-state index contributed by atoms with van der Waals surface area (Å²) in [6, 6.07) is 13.2. The van der Waals surface area contributed by atoms with E-state index in [2.05, 4.69) is 9.50 Å². The van der Waals surface area contributed by atoms with Crippen molar-refractivity contribution in [2.24, 2.45) is 0 Å². The summed E-state index contributed by atoms with van der Waals surface area (Å²) >= 11 is 0. The van der Waals surface area contributed by atoms with Crippen molar-refractivity contribution in [1.82, 2.24) is 5.32 Å². The molecule has 2 aromatic carbocycles. The quantitative estimate of drug-likeness (QED) is 0.755. The van der Waals surface area contributed by atoms with Crippen LogP contribution in [-0.2, 0) is 16.7 Å². The van der Waals surface area contributed by atoms with Crippen LogP contribution in [0.15, 0.2) is 48.5 Å². The second-order valence-corrected chi connectivity index (χ2v) is 6.68. The Kier molecular flexibility index (Phi) is 5.70. The second kappa shape index (κ2) is 7.54. The van der Waals surface area contributed by atoms with E-state index in [1.807, 2.05) is 30.3 Å². The lowest BCUT2D eigenvalue weighted by Crippen LogP contribution is -2.21. The van der Waals surface area contributed by atoms with Crippen molar-refractivity contribution in [3.8, 4) is 5.75 Å². The Morgan fingerprint density at radius 2 is 1.91 bits per heavy atom. The largest absolute Gasteiger partial charge is 0.387 e. The molecule has 124 valence electrons. The Balaban J connectivity index is 1.95. The first-order chi connectivity index (χ1) is 10.8. The summed E-state index contributed by atoms with van der Waals surface area (Å²) in [4.78, 5) is 0. The molecule has 2 rings (SSSR count). The highest BCUT2D eigenvalue weighted by Gasteiger charge is 2.15. The number of nitrogens with one attached hydrogen (secondary N) is 1. The summed E-state index contributed by atoms with van der Waals surface area (Å²) in [6.45, 7) is 0.715. The Labute approximate surface area is 134 Å². The molecule has 0 aliphatic heterocycles. The molecule has 0 radical (unpaired) electrons. The smallest absolute Gasteiger partial charge is 0.306 e. The summed E-state index contributed by atoms with van der Waals surface area (Å²) in [7, 11) is -3.71. The monoisotopic (exact) mass is 339 g/mol. The topological polar surface area (TPSA) is 75.6 Å². The summed E-state index contributed by atoms with van der Waals surface area (Å²) in [5, 5.41) is 13.1. The number of aliphatic hydroxyl groups is 1. The lowest BCUT2D eigenvalue weighted by Gasteiger charge is -2.14. The van der Waals surface area contributed by atoms with E-state index in [0.29, 0.717) is 6.54 Å². The molecule has 0 spiro atoms. The van der Waals surface area contributed by atoms with Crippen LogP contribution in [0.2, 0.25) is 0 Å². The van der Waals surface area contributed by atoms with Gasteiger partial charge in [0.25, 0.3) is 0 Å². The lowest BCUT2D eigenvalue weighted by atomic mass is 10.1. The van der Waals surface area contributed by atoms with Crippen LogP contribution in [0.5, 0.6) is 5.75 Å². The van der Waals surface area contributed by atoms with Crippen molar-refractivity contribution >= 4 is 10.1 Å². The van der Waals surface area contributed by atoms with E-state index in [9.17, 15) is 17.9 Å². The molecule has 0 bridgehead atoms. The van der Waals surface area contributed by atoms with Crippen LogP contribution in [0.3, 0.4) is 0 Å². The van der Waals surface area contributed by atoms with E-state index < -0.39 is 22.0 Å². The van der Waals surface area contributed by atoms with Crippen molar-refractivity contribution in [2.45, 2.75) is 12.6 Å². The number of aliphatic hydroxyl groups excluding tert-OH is 1. The maximum absolute atomic E-state index is 14.0. The van der Waals surface area contributed by atoms with Crippen LogP contribution >= 0.6 is 0 Å². The van der Waals surface area contributed by atoms with Gasteiger partial charge in [-0.25, -0.2) is 4.39 Å². The minimum Gasteiger partial charge on any atom is -0.387 e. The Morgan fingerprint density at radius 1 is 1.22 bits per heavy atom. The van der Waals surface area contributed by atoms with Crippen molar-refractivity contribution < 1.29 is 22.1 Å². The summed E-state index contributed by atoms with van der Waals surface area (Å²) in [5.74, 6) is -0.849. The molecule has 0 aromatic heterocycles. The van der Waals surface area contributed by atoms with Crippen LogP contribution < -0.4 is 9.50 Å². The Hall–Kier alpha value is -1.96.